The maximum Gasteiger partial charge on any atom is 0.152 e. The molecule has 0 saturated heterocycles. The van der Waals surface area contributed by atoms with E-state index in [9.17, 15) is 0 Å². The van der Waals surface area contributed by atoms with Gasteiger partial charge in [0.05, 0.1) is 12.4 Å². The minimum atomic E-state index is 0.137. The van der Waals surface area contributed by atoms with E-state index in [1.807, 2.05) is 0 Å². The van der Waals surface area contributed by atoms with Crippen LogP contribution in [0.2, 0.25) is 0 Å². The van der Waals surface area contributed by atoms with Gasteiger partial charge in [-0.2, -0.15) is 0 Å². The van der Waals surface area contributed by atoms with Gasteiger partial charge in [-0.25, -0.2) is 9.97 Å². The minimum absolute atomic E-state index is 0.137. The van der Waals surface area contributed by atoms with Gasteiger partial charge in [-0.05, 0) is 12.8 Å². The molecule has 0 aliphatic heterocycles. The number of hydrogen-bond acceptors (Lipinski definition) is 3. The van der Waals surface area contributed by atoms with Gasteiger partial charge >= 0.3 is 0 Å². The van der Waals surface area contributed by atoms with Crippen LogP contribution in [0.25, 0.3) is 0 Å². The van der Waals surface area contributed by atoms with Gasteiger partial charge in [-0.1, -0.05) is 6.92 Å². The highest BCUT2D eigenvalue weighted by atomic mass is 16.3. The van der Waals surface area contributed by atoms with Crippen LogP contribution >= 0.6 is 0 Å². The summed E-state index contributed by atoms with van der Waals surface area (Å²) in [5.41, 5.74) is 0.202. The standard InChI is InChI=1S/C8H10N2O/c1-8(2-3-8)7-9-4-6(11)5-10-7/h4-5,11H,2-3H2,1H3. The molecule has 1 heterocycles. The summed E-state index contributed by atoms with van der Waals surface area (Å²) in [5.74, 6) is 0.994. The molecule has 3 nitrogen and oxygen atoms in total. The van der Waals surface area contributed by atoms with Crippen LogP contribution in [0.15, 0.2) is 12.4 Å². The van der Waals surface area contributed by atoms with Crippen LogP contribution < -0.4 is 0 Å². The molecule has 1 N–H and O–H groups in total. The van der Waals surface area contributed by atoms with Crippen molar-refractivity contribution in [3.8, 4) is 5.75 Å². The van der Waals surface area contributed by atoms with Crippen molar-refractivity contribution >= 4 is 0 Å². The fourth-order valence-corrected chi connectivity index (χ4v) is 1.04. The van der Waals surface area contributed by atoms with Crippen LogP contribution in [-0.2, 0) is 5.41 Å². The third-order valence-corrected chi connectivity index (χ3v) is 2.18. The van der Waals surface area contributed by atoms with Gasteiger partial charge in [0, 0.05) is 5.41 Å². The molecule has 0 radical (unpaired) electrons. The second kappa shape index (κ2) is 1.94. The van der Waals surface area contributed by atoms with Crippen molar-refractivity contribution < 1.29 is 5.11 Å². The Morgan fingerprint density at radius 2 is 1.91 bits per heavy atom. The van der Waals surface area contributed by atoms with Crippen molar-refractivity contribution in [2.45, 2.75) is 25.2 Å². The molecule has 1 aliphatic rings. The topological polar surface area (TPSA) is 46.0 Å². The molecule has 1 saturated carbocycles. The van der Waals surface area contributed by atoms with E-state index in [2.05, 4.69) is 16.9 Å². The van der Waals surface area contributed by atoms with Crippen LogP contribution in [0, 0.1) is 0 Å². The molecule has 1 aromatic heterocycles. The molecule has 1 fully saturated rings. The van der Waals surface area contributed by atoms with Crippen LogP contribution in [0.1, 0.15) is 25.6 Å². The molecule has 0 spiro atoms. The molecule has 2 rings (SSSR count). The molecule has 58 valence electrons. The molecule has 0 unspecified atom stereocenters. The normalized spacial score (nSPS) is 19.7. The van der Waals surface area contributed by atoms with Gasteiger partial charge in [-0.15, -0.1) is 0 Å². The lowest BCUT2D eigenvalue weighted by molar-refractivity contribution is 0.467. The SMILES string of the molecule is CC1(c2ncc(O)cn2)CC1. The maximum absolute atomic E-state index is 8.92. The number of aromatic nitrogens is 2. The first-order chi connectivity index (χ1) is 5.21. The zero-order valence-corrected chi connectivity index (χ0v) is 6.41. The first kappa shape index (κ1) is 6.58. The average molecular weight is 150 g/mol. The number of rotatable bonds is 1. The summed E-state index contributed by atoms with van der Waals surface area (Å²) >= 11 is 0. The number of nitrogens with zero attached hydrogens (tertiary/aromatic N) is 2. The van der Waals surface area contributed by atoms with Crippen molar-refractivity contribution in [1.82, 2.24) is 9.97 Å². The van der Waals surface area contributed by atoms with Gasteiger partial charge in [0.1, 0.15) is 5.82 Å². The first-order valence-corrected chi connectivity index (χ1v) is 3.72. The quantitative estimate of drug-likeness (QED) is 0.655. The largest absolute Gasteiger partial charge is 0.505 e. The molecular formula is C8H10N2O. The van der Waals surface area contributed by atoms with Crippen LogP contribution in [-0.4, -0.2) is 15.1 Å². The molecule has 0 atom stereocenters. The Morgan fingerprint density at radius 1 is 1.36 bits per heavy atom. The highest BCUT2D eigenvalue weighted by molar-refractivity contribution is 5.19. The van der Waals surface area contributed by atoms with E-state index in [1.54, 1.807) is 0 Å². The van der Waals surface area contributed by atoms with E-state index in [1.165, 1.54) is 12.4 Å². The van der Waals surface area contributed by atoms with E-state index < -0.39 is 0 Å². The molecule has 0 aromatic carbocycles. The van der Waals surface area contributed by atoms with E-state index in [0.717, 1.165) is 18.7 Å². The predicted octanol–water partition coefficient (Wildman–Crippen LogP) is 1.23. The van der Waals surface area contributed by atoms with E-state index >= 15 is 0 Å². The fraction of sp³-hybridized carbons (Fsp3) is 0.500. The highest BCUT2D eigenvalue weighted by Gasteiger charge is 2.41. The van der Waals surface area contributed by atoms with Crippen molar-refractivity contribution in [2.24, 2.45) is 0 Å². The zero-order valence-electron chi connectivity index (χ0n) is 6.41. The Morgan fingerprint density at radius 3 is 2.36 bits per heavy atom. The second-order valence-electron chi connectivity index (χ2n) is 3.33. The third kappa shape index (κ3) is 1.06. The third-order valence-electron chi connectivity index (χ3n) is 2.18. The van der Waals surface area contributed by atoms with E-state index in [4.69, 9.17) is 5.11 Å². The minimum Gasteiger partial charge on any atom is -0.505 e. The zero-order chi connectivity index (χ0) is 7.90. The summed E-state index contributed by atoms with van der Waals surface area (Å²) in [4.78, 5) is 8.10. The van der Waals surface area contributed by atoms with E-state index in [-0.39, 0.29) is 11.2 Å². The summed E-state index contributed by atoms with van der Waals surface area (Å²) < 4.78 is 0. The van der Waals surface area contributed by atoms with Crippen molar-refractivity contribution in [3.63, 3.8) is 0 Å². The predicted molar refractivity (Wildman–Crippen MR) is 40.3 cm³/mol. The Labute approximate surface area is 65.1 Å². The van der Waals surface area contributed by atoms with Gasteiger partial charge in [-0.3, -0.25) is 0 Å². The summed E-state index contributed by atoms with van der Waals surface area (Å²) in [6.45, 7) is 2.14. The average Bonchev–Trinajstić information content (AvgIpc) is 2.70. The van der Waals surface area contributed by atoms with Crippen LogP contribution in [0.4, 0.5) is 0 Å². The monoisotopic (exact) mass is 150 g/mol. The van der Waals surface area contributed by atoms with E-state index in [0.29, 0.717) is 0 Å². The fourth-order valence-electron chi connectivity index (χ4n) is 1.04. The smallest absolute Gasteiger partial charge is 0.152 e. The lowest BCUT2D eigenvalue weighted by Gasteiger charge is -2.04. The van der Waals surface area contributed by atoms with Crippen molar-refractivity contribution in [3.05, 3.63) is 18.2 Å². The van der Waals surface area contributed by atoms with Gasteiger partial charge in [0.2, 0.25) is 0 Å². The molecule has 1 aliphatic carbocycles. The Kier molecular flexibility index (Phi) is 1.16. The second-order valence-corrected chi connectivity index (χ2v) is 3.33. The highest BCUT2D eigenvalue weighted by Crippen LogP contribution is 2.45. The van der Waals surface area contributed by atoms with Gasteiger partial charge < -0.3 is 5.11 Å². The molecular weight excluding hydrogens is 140 g/mol. The van der Waals surface area contributed by atoms with Crippen LogP contribution in [0.3, 0.4) is 0 Å². The van der Waals surface area contributed by atoms with Crippen LogP contribution in [0.5, 0.6) is 5.75 Å². The number of aromatic hydroxyl groups is 1. The van der Waals surface area contributed by atoms with Gasteiger partial charge in [0.15, 0.2) is 5.75 Å². The summed E-state index contributed by atoms with van der Waals surface area (Å²) in [7, 11) is 0. The summed E-state index contributed by atoms with van der Waals surface area (Å²) in [6, 6.07) is 0. The Bertz CT molecular complexity index is 264. The lowest BCUT2D eigenvalue weighted by atomic mass is 10.1. The Hall–Kier alpha value is -1.12. The molecule has 11 heavy (non-hydrogen) atoms. The molecule has 0 amide bonds. The van der Waals surface area contributed by atoms with Crippen molar-refractivity contribution in [2.75, 3.05) is 0 Å². The molecule has 0 bridgehead atoms. The Balaban J connectivity index is 2.33. The summed E-state index contributed by atoms with van der Waals surface area (Å²) in [5, 5.41) is 8.92. The lowest BCUT2D eigenvalue weighted by Crippen LogP contribution is -2.05. The van der Waals surface area contributed by atoms with Gasteiger partial charge in [0.25, 0.3) is 0 Å². The van der Waals surface area contributed by atoms with Crippen molar-refractivity contribution in [1.29, 1.82) is 0 Å². The summed E-state index contributed by atoms with van der Waals surface area (Å²) in [6.07, 6.45) is 5.23. The maximum atomic E-state index is 8.92. The first-order valence-electron chi connectivity index (χ1n) is 3.72. The molecule has 3 heteroatoms. The molecule has 1 aromatic rings. The number of hydrogen-bond donors (Lipinski definition) is 1.